The number of benzene rings is 2. The summed E-state index contributed by atoms with van der Waals surface area (Å²) >= 11 is 6.42. The molecule has 1 fully saturated rings. The number of nitrogens with zero attached hydrogens (tertiary/aromatic N) is 1. The third-order valence-electron chi connectivity index (χ3n) is 10.4. The zero-order valence-electron chi connectivity index (χ0n) is 25.6. The maximum Gasteiger partial charge on any atom is 0.337 e. The summed E-state index contributed by atoms with van der Waals surface area (Å²) in [6, 6.07) is 11.9. The molecule has 1 aliphatic heterocycles. The van der Waals surface area contributed by atoms with Gasteiger partial charge in [-0.05, 0) is 116 Å². The predicted octanol–water partition coefficient (Wildman–Crippen LogP) is 5.66. The first-order chi connectivity index (χ1) is 21.1. The summed E-state index contributed by atoms with van der Waals surface area (Å²) < 4.78 is 41.1. The molecule has 0 radical (unpaired) electrons. The second kappa shape index (κ2) is 12.7. The number of nitrogens with two attached hydrogens (primary N) is 1. The number of halogens is 1. The molecule has 2 aromatic carbocycles. The van der Waals surface area contributed by atoms with Gasteiger partial charge in [-0.25, -0.2) is 18.4 Å². The van der Waals surface area contributed by atoms with E-state index in [0.717, 1.165) is 74.5 Å². The number of primary sulfonamides is 1. The van der Waals surface area contributed by atoms with Crippen LogP contribution in [0.1, 0.15) is 66.4 Å². The van der Waals surface area contributed by atoms with Crippen LogP contribution in [0.3, 0.4) is 0 Å². The molecule has 0 amide bonds. The smallest absolute Gasteiger partial charge is 0.337 e. The van der Waals surface area contributed by atoms with E-state index < -0.39 is 10.0 Å². The monoisotopic (exact) mass is 642 g/mol. The van der Waals surface area contributed by atoms with E-state index in [-0.39, 0.29) is 29.2 Å². The van der Waals surface area contributed by atoms with E-state index in [1.54, 1.807) is 13.2 Å². The number of anilines is 1. The van der Waals surface area contributed by atoms with E-state index in [2.05, 4.69) is 23.1 Å². The Morgan fingerprint density at radius 2 is 2.00 bits per heavy atom. The van der Waals surface area contributed by atoms with E-state index in [0.29, 0.717) is 30.4 Å². The number of ether oxygens (including phenoxy) is 3. The number of esters is 1. The van der Waals surface area contributed by atoms with Crippen LogP contribution in [-0.4, -0.2) is 60.2 Å². The van der Waals surface area contributed by atoms with Crippen molar-refractivity contribution in [1.29, 1.82) is 0 Å². The van der Waals surface area contributed by atoms with Crippen LogP contribution in [0.2, 0.25) is 5.02 Å². The lowest BCUT2D eigenvalue weighted by Crippen LogP contribution is -2.50. The maximum atomic E-state index is 12.6. The van der Waals surface area contributed by atoms with Gasteiger partial charge in [-0.3, -0.25) is 0 Å². The summed E-state index contributed by atoms with van der Waals surface area (Å²) in [6.07, 6.45) is 9.78. The van der Waals surface area contributed by atoms with Crippen LogP contribution < -0.4 is 14.8 Å². The molecule has 2 N–H and O–H groups in total. The fraction of sp³-hybridized carbons (Fsp3) is 0.559. The van der Waals surface area contributed by atoms with Gasteiger partial charge in [0.15, 0.2) is 0 Å². The number of hydrogen-bond donors (Lipinski definition) is 1. The second-order valence-electron chi connectivity index (χ2n) is 13.2. The molecule has 238 valence electrons. The number of fused-ring (bicyclic) bond motifs is 3. The summed E-state index contributed by atoms with van der Waals surface area (Å²) in [5.41, 5.74) is 5.10. The van der Waals surface area contributed by atoms with Gasteiger partial charge >= 0.3 is 5.97 Å². The first kappa shape index (κ1) is 31.4. The minimum absolute atomic E-state index is 0.000191. The van der Waals surface area contributed by atoms with Gasteiger partial charge in [0.25, 0.3) is 0 Å². The Balaban J connectivity index is 1.29. The average Bonchev–Trinajstić information content (AvgIpc) is 3.14. The highest BCUT2D eigenvalue weighted by molar-refractivity contribution is 7.89. The lowest BCUT2D eigenvalue weighted by molar-refractivity contribution is 0.00323. The topological polar surface area (TPSA) is 108 Å². The lowest BCUT2D eigenvalue weighted by atomic mass is 9.66. The molecule has 2 aromatic rings. The highest BCUT2D eigenvalue weighted by Crippen LogP contribution is 2.48. The zero-order valence-corrected chi connectivity index (χ0v) is 27.2. The molecule has 4 aliphatic rings. The van der Waals surface area contributed by atoms with Crippen molar-refractivity contribution in [2.45, 2.75) is 62.9 Å². The van der Waals surface area contributed by atoms with Gasteiger partial charge in [0.05, 0.1) is 36.8 Å². The van der Waals surface area contributed by atoms with Crippen molar-refractivity contribution < 1.29 is 27.4 Å². The molecule has 5 atom stereocenters. The molecule has 1 heterocycles. The van der Waals surface area contributed by atoms with Gasteiger partial charge in [0, 0.05) is 30.6 Å². The minimum atomic E-state index is -3.48. The fourth-order valence-electron chi connectivity index (χ4n) is 8.11. The van der Waals surface area contributed by atoms with Gasteiger partial charge in [-0.15, -0.1) is 0 Å². The van der Waals surface area contributed by atoms with Crippen molar-refractivity contribution in [3.05, 3.63) is 69.8 Å². The molecule has 0 bridgehead atoms. The van der Waals surface area contributed by atoms with Crippen LogP contribution in [0.5, 0.6) is 5.75 Å². The van der Waals surface area contributed by atoms with Crippen molar-refractivity contribution in [3.63, 3.8) is 0 Å². The largest absolute Gasteiger partial charge is 0.490 e. The van der Waals surface area contributed by atoms with E-state index in [4.69, 9.17) is 31.0 Å². The van der Waals surface area contributed by atoms with Crippen LogP contribution in [0.25, 0.3) is 0 Å². The summed E-state index contributed by atoms with van der Waals surface area (Å²) in [4.78, 5) is 15.0. The summed E-state index contributed by atoms with van der Waals surface area (Å²) in [5, 5.41) is 6.08. The van der Waals surface area contributed by atoms with Crippen molar-refractivity contribution in [3.8, 4) is 5.75 Å². The third kappa shape index (κ3) is 6.39. The van der Waals surface area contributed by atoms with Gasteiger partial charge in [0.2, 0.25) is 10.0 Å². The number of hydrogen-bond acceptors (Lipinski definition) is 7. The quantitative estimate of drug-likeness (QED) is 0.293. The molecule has 0 aromatic heterocycles. The molecule has 2 unspecified atom stereocenters. The number of allylic oxidation sites excluding steroid dienone is 1. The Labute approximate surface area is 265 Å². The Hall–Kier alpha value is -2.59. The maximum absolute atomic E-state index is 12.6. The molecular formula is C34H43ClN2O6S. The van der Waals surface area contributed by atoms with Crippen molar-refractivity contribution in [2.75, 3.05) is 44.6 Å². The standard InChI is InChI=1S/C34H43ClN2O6S/c1-41-32(23-7-5-22(6-8-23)19-44(36,39)40)28-12-9-26(28)18-37-20-34(15-3-4-24-16-27(35)11-13-29(24)34)21-43-31-14-10-25(17-30(31)37)33(38)42-2/h7,10-11,13-14,16-17,22,26,28,32H,3-6,8-9,12,15,18-21H2,1-2H3,(H2,36,39,40)/t22?,26-,28+,32?,34-/m0/s1. The molecule has 0 saturated heterocycles. The number of rotatable bonds is 8. The molecular weight excluding hydrogens is 600 g/mol. The van der Waals surface area contributed by atoms with E-state index in [1.807, 2.05) is 18.2 Å². The number of sulfonamides is 1. The lowest BCUT2D eigenvalue weighted by Gasteiger charge is -2.47. The van der Waals surface area contributed by atoms with Crippen LogP contribution >= 0.6 is 11.6 Å². The van der Waals surface area contributed by atoms with Crippen molar-refractivity contribution in [2.24, 2.45) is 22.9 Å². The fourth-order valence-corrected chi connectivity index (χ4v) is 9.26. The Bertz CT molecular complexity index is 1540. The highest BCUT2D eigenvalue weighted by atomic mass is 35.5. The average molecular weight is 643 g/mol. The van der Waals surface area contributed by atoms with Crippen LogP contribution in [0.15, 0.2) is 48.0 Å². The van der Waals surface area contributed by atoms with Crippen LogP contribution in [0, 0.1) is 17.8 Å². The number of carbonyl (C=O) groups is 1. The Morgan fingerprint density at radius 3 is 2.68 bits per heavy atom. The summed E-state index contributed by atoms with van der Waals surface area (Å²) in [6.45, 7) is 2.15. The zero-order chi connectivity index (χ0) is 31.1. The van der Waals surface area contributed by atoms with Gasteiger partial charge < -0.3 is 19.1 Å². The second-order valence-corrected chi connectivity index (χ2v) is 15.3. The van der Waals surface area contributed by atoms with Gasteiger partial charge in [0.1, 0.15) is 5.75 Å². The molecule has 1 spiro atoms. The molecule has 10 heteroatoms. The van der Waals surface area contributed by atoms with Gasteiger partial charge in [-0.2, -0.15) is 0 Å². The van der Waals surface area contributed by atoms with Crippen LogP contribution in [0.4, 0.5) is 5.69 Å². The summed E-state index contributed by atoms with van der Waals surface area (Å²) in [7, 11) is -0.293. The third-order valence-corrected chi connectivity index (χ3v) is 11.6. The number of aryl methyl sites for hydroxylation is 1. The SMILES string of the molecule is COC(=O)c1ccc2c(c1)N(C[C@@H]1CC[C@H]1C(OC)C1=CCC(CS(N)(=O)=O)CC1)C[C@@]1(CCCc3cc(Cl)ccc31)CO2. The normalized spacial score (nSPS) is 27.2. The number of carbonyl (C=O) groups excluding carboxylic acids is 1. The first-order valence-corrected chi connectivity index (χ1v) is 17.8. The summed E-state index contributed by atoms with van der Waals surface area (Å²) in [5.74, 6) is 1.25. The molecule has 1 saturated carbocycles. The number of methoxy groups -OCH3 is 2. The van der Waals surface area contributed by atoms with Gasteiger partial charge in [-0.1, -0.05) is 23.7 Å². The van der Waals surface area contributed by atoms with E-state index >= 15 is 0 Å². The molecule has 6 rings (SSSR count). The molecule has 8 nitrogen and oxygen atoms in total. The van der Waals surface area contributed by atoms with Crippen LogP contribution in [-0.2, 0) is 31.3 Å². The highest BCUT2D eigenvalue weighted by Gasteiger charge is 2.45. The van der Waals surface area contributed by atoms with Crippen molar-refractivity contribution in [1.82, 2.24) is 0 Å². The Kier molecular flexibility index (Phi) is 9.03. The first-order valence-electron chi connectivity index (χ1n) is 15.7. The predicted molar refractivity (Wildman–Crippen MR) is 172 cm³/mol. The Morgan fingerprint density at radius 1 is 1.16 bits per heavy atom. The van der Waals surface area contributed by atoms with E-state index in [1.165, 1.54) is 23.8 Å². The van der Waals surface area contributed by atoms with E-state index in [9.17, 15) is 13.2 Å². The molecule has 3 aliphatic carbocycles. The molecule has 44 heavy (non-hydrogen) atoms. The minimum Gasteiger partial charge on any atom is -0.490 e. The van der Waals surface area contributed by atoms with Crippen molar-refractivity contribution >= 4 is 33.3 Å².